The first kappa shape index (κ1) is 18.4. The molecule has 0 fully saturated rings. The van der Waals surface area contributed by atoms with Crippen LogP contribution in [-0.2, 0) is 6.54 Å². The number of halogens is 2. The van der Waals surface area contributed by atoms with Gasteiger partial charge in [-0.3, -0.25) is 4.79 Å². The Labute approximate surface area is 149 Å². The lowest BCUT2D eigenvalue weighted by molar-refractivity contribution is 0.0952. The predicted octanol–water partition coefficient (Wildman–Crippen LogP) is 3.51. The van der Waals surface area contributed by atoms with E-state index in [2.05, 4.69) is 26.6 Å². The Balaban J connectivity index is 1.68. The van der Waals surface area contributed by atoms with Crippen molar-refractivity contribution in [2.45, 2.75) is 13.0 Å². The number of nitrogens with one attached hydrogen (secondary N) is 2. The molecule has 0 saturated heterocycles. The summed E-state index contributed by atoms with van der Waals surface area (Å²) in [6.45, 7) is 2.01. The van der Waals surface area contributed by atoms with Crippen molar-refractivity contribution in [3.63, 3.8) is 0 Å². The maximum absolute atomic E-state index is 12.8. The van der Waals surface area contributed by atoms with Gasteiger partial charge < -0.3 is 15.4 Å². The van der Waals surface area contributed by atoms with E-state index in [1.807, 2.05) is 0 Å². The van der Waals surface area contributed by atoms with Crippen molar-refractivity contribution in [3.05, 3.63) is 63.9 Å². The predicted molar refractivity (Wildman–Crippen MR) is 95.8 cm³/mol. The van der Waals surface area contributed by atoms with E-state index in [9.17, 15) is 9.18 Å². The Kier molecular flexibility index (Phi) is 7.21. The number of carbonyl (C=O) groups is 1. The molecule has 6 heteroatoms. The summed E-state index contributed by atoms with van der Waals surface area (Å²) in [5.74, 6) is 0.272. The second kappa shape index (κ2) is 9.39. The largest absolute Gasteiger partial charge is 0.497 e. The highest BCUT2D eigenvalue weighted by Crippen LogP contribution is 2.22. The maximum Gasteiger partial charge on any atom is 0.252 e. The molecule has 1 amide bonds. The molecule has 0 saturated carbocycles. The third-order valence-corrected chi connectivity index (χ3v) is 4.17. The van der Waals surface area contributed by atoms with Crippen LogP contribution in [0.15, 0.2) is 46.9 Å². The SMILES string of the molecule is COc1ccc(Br)c(C(=O)NCCCNCc2ccc(F)cc2)c1. The molecular weight excluding hydrogens is 375 g/mol. The van der Waals surface area contributed by atoms with Gasteiger partial charge in [0.1, 0.15) is 11.6 Å². The van der Waals surface area contributed by atoms with Gasteiger partial charge >= 0.3 is 0 Å². The topological polar surface area (TPSA) is 50.4 Å². The van der Waals surface area contributed by atoms with E-state index in [-0.39, 0.29) is 11.7 Å². The molecule has 2 rings (SSSR count). The van der Waals surface area contributed by atoms with Crippen LogP contribution in [-0.4, -0.2) is 26.1 Å². The molecule has 0 aliphatic rings. The smallest absolute Gasteiger partial charge is 0.252 e. The Morgan fingerprint density at radius 2 is 1.92 bits per heavy atom. The van der Waals surface area contributed by atoms with Crippen LogP contribution in [0.2, 0.25) is 0 Å². The monoisotopic (exact) mass is 394 g/mol. The number of carbonyl (C=O) groups excluding carboxylic acids is 1. The van der Waals surface area contributed by atoms with Gasteiger partial charge in [0.15, 0.2) is 0 Å². The van der Waals surface area contributed by atoms with Gasteiger partial charge in [0, 0.05) is 17.6 Å². The van der Waals surface area contributed by atoms with Gasteiger partial charge in [-0.1, -0.05) is 12.1 Å². The number of methoxy groups -OCH3 is 1. The summed E-state index contributed by atoms with van der Waals surface area (Å²) in [4.78, 5) is 12.2. The normalized spacial score (nSPS) is 10.5. The zero-order chi connectivity index (χ0) is 17.4. The lowest BCUT2D eigenvalue weighted by atomic mass is 10.2. The molecule has 0 aliphatic carbocycles. The highest BCUT2D eigenvalue weighted by Gasteiger charge is 2.10. The number of ether oxygens (including phenoxy) is 1. The highest BCUT2D eigenvalue weighted by atomic mass is 79.9. The van der Waals surface area contributed by atoms with Crippen LogP contribution in [0.4, 0.5) is 4.39 Å². The molecule has 24 heavy (non-hydrogen) atoms. The lowest BCUT2D eigenvalue weighted by Crippen LogP contribution is -2.27. The van der Waals surface area contributed by atoms with Gasteiger partial charge in [0.2, 0.25) is 0 Å². The molecule has 0 atom stereocenters. The molecule has 128 valence electrons. The fraction of sp³-hybridized carbons (Fsp3) is 0.278. The van der Waals surface area contributed by atoms with Gasteiger partial charge in [-0.05, 0) is 64.8 Å². The summed E-state index contributed by atoms with van der Waals surface area (Å²) in [7, 11) is 1.57. The van der Waals surface area contributed by atoms with Gasteiger partial charge in [-0.2, -0.15) is 0 Å². The first-order chi connectivity index (χ1) is 11.6. The zero-order valence-electron chi connectivity index (χ0n) is 13.4. The van der Waals surface area contributed by atoms with Crippen LogP contribution in [0.25, 0.3) is 0 Å². The molecule has 0 aromatic heterocycles. The fourth-order valence-electron chi connectivity index (χ4n) is 2.15. The number of hydrogen-bond acceptors (Lipinski definition) is 3. The van der Waals surface area contributed by atoms with E-state index in [1.54, 1.807) is 37.4 Å². The van der Waals surface area contributed by atoms with Crippen LogP contribution >= 0.6 is 15.9 Å². The highest BCUT2D eigenvalue weighted by molar-refractivity contribution is 9.10. The van der Waals surface area contributed by atoms with Crippen LogP contribution in [0.1, 0.15) is 22.3 Å². The molecule has 4 nitrogen and oxygen atoms in total. The summed E-state index contributed by atoms with van der Waals surface area (Å²) in [6, 6.07) is 11.7. The van der Waals surface area contributed by atoms with Gasteiger partial charge in [-0.25, -0.2) is 4.39 Å². The van der Waals surface area contributed by atoms with Crippen LogP contribution < -0.4 is 15.4 Å². The van der Waals surface area contributed by atoms with Crippen molar-refractivity contribution >= 4 is 21.8 Å². The molecule has 0 unspecified atom stereocenters. The minimum Gasteiger partial charge on any atom is -0.497 e. The minimum atomic E-state index is -0.231. The first-order valence-corrected chi connectivity index (χ1v) is 8.46. The maximum atomic E-state index is 12.8. The number of amides is 1. The average molecular weight is 395 g/mol. The second-order valence-electron chi connectivity index (χ2n) is 5.26. The number of rotatable bonds is 8. The summed E-state index contributed by atoms with van der Waals surface area (Å²) >= 11 is 3.37. The molecule has 2 aromatic carbocycles. The Morgan fingerprint density at radius 3 is 2.62 bits per heavy atom. The Morgan fingerprint density at radius 1 is 1.17 bits per heavy atom. The van der Waals surface area contributed by atoms with Crippen molar-refractivity contribution in [3.8, 4) is 5.75 Å². The van der Waals surface area contributed by atoms with Gasteiger partial charge in [0.25, 0.3) is 5.91 Å². The minimum absolute atomic E-state index is 0.140. The van der Waals surface area contributed by atoms with E-state index < -0.39 is 0 Å². The number of benzene rings is 2. The average Bonchev–Trinajstić information content (AvgIpc) is 2.59. The lowest BCUT2D eigenvalue weighted by Gasteiger charge is -2.09. The summed E-state index contributed by atoms with van der Waals surface area (Å²) < 4.78 is 18.7. The summed E-state index contributed by atoms with van der Waals surface area (Å²) in [5, 5.41) is 6.14. The third-order valence-electron chi connectivity index (χ3n) is 3.48. The van der Waals surface area contributed by atoms with Gasteiger partial charge in [-0.15, -0.1) is 0 Å². The van der Waals surface area contributed by atoms with E-state index >= 15 is 0 Å². The molecule has 0 spiro atoms. The standard InChI is InChI=1S/C18H20BrFN2O2/c1-24-15-7-8-17(19)16(11-15)18(23)22-10-2-9-21-12-13-3-5-14(20)6-4-13/h3-8,11,21H,2,9-10,12H2,1H3,(H,22,23). The van der Waals surface area contributed by atoms with Crippen molar-refractivity contribution in [2.24, 2.45) is 0 Å². The molecule has 0 radical (unpaired) electrons. The molecule has 0 aliphatic heterocycles. The zero-order valence-corrected chi connectivity index (χ0v) is 15.0. The second-order valence-corrected chi connectivity index (χ2v) is 6.11. The molecular formula is C18H20BrFN2O2. The van der Waals surface area contributed by atoms with E-state index in [0.29, 0.717) is 24.4 Å². The van der Waals surface area contributed by atoms with E-state index in [1.165, 1.54) is 12.1 Å². The molecule has 0 heterocycles. The summed E-state index contributed by atoms with van der Waals surface area (Å²) in [6.07, 6.45) is 0.800. The van der Waals surface area contributed by atoms with Crippen molar-refractivity contribution in [1.29, 1.82) is 0 Å². The van der Waals surface area contributed by atoms with E-state index in [0.717, 1.165) is 23.0 Å². The first-order valence-electron chi connectivity index (χ1n) is 7.67. The van der Waals surface area contributed by atoms with Crippen LogP contribution in [0, 0.1) is 5.82 Å². The van der Waals surface area contributed by atoms with Gasteiger partial charge in [0.05, 0.1) is 12.7 Å². The van der Waals surface area contributed by atoms with Crippen molar-refractivity contribution < 1.29 is 13.9 Å². The molecule has 2 N–H and O–H groups in total. The van der Waals surface area contributed by atoms with Crippen molar-refractivity contribution in [2.75, 3.05) is 20.2 Å². The van der Waals surface area contributed by atoms with Crippen LogP contribution in [0.5, 0.6) is 5.75 Å². The van der Waals surface area contributed by atoms with Crippen LogP contribution in [0.3, 0.4) is 0 Å². The molecule has 2 aromatic rings. The Hall–Kier alpha value is -1.92. The van der Waals surface area contributed by atoms with E-state index in [4.69, 9.17) is 4.74 Å². The number of hydrogen-bond donors (Lipinski definition) is 2. The molecule has 0 bridgehead atoms. The third kappa shape index (κ3) is 5.62. The fourth-order valence-corrected chi connectivity index (χ4v) is 2.58. The Bertz CT molecular complexity index is 677. The summed E-state index contributed by atoms with van der Waals surface area (Å²) in [5.41, 5.74) is 1.58. The van der Waals surface area contributed by atoms with Crippen molar-refractivity contribution in [1.82, 2.24) is 10.6 Å². The quantitative estimate of drug-likeness (QED) is 0.673.